The number of halogens is 3. The van der Waals surface area contributed by atoms with Crippen LogP contribution in [0.2, 0.25) is 0 Å². The van der Waals surface area contributed by atoms with Crippen LogP contribution in [-0.4, -0.2) is 37.0 Å². The molecule has 1 unspecified atom stereocenters. The van der Waals surface area contributed by atoms with Gasteiger partial charge in [0.2, 0.25) is 6.17 Å². The molecule has 5 nitrogen and oxygen atoms in total. The zero-order valence-electron chi connectivity index (χ0n) is 8.11. The van der Waals surface area contributed by atoms with Crippen LogP contribution in [0, 0.1) is 0 Å². The van der Waals surface area contributed by atoms with Crippen molar-refractivity contribution in [1.29, 1.82) is 0 Å². The van der Waals surface area contributed by atoms with E-state index in [0.717, 1.165) is 0 Å². The lowest BCUT2D eigenvalue weighted by Gasteiger charge is -2.17. The van der Waals surface area contributed by atoms with E-state index in [2.05, 4.69) is 11.3 Å². The molecule has 0 bridgehead atoms. The van der Waals surface area contributed by atoms with Crippen molar-refractivity contribution in [2.24, 2.45) is 0 Å². The van der Waals surface area contributed by atoms with Gasteiger partial charge in [0.05, 0.1) is 0 Å². The first-order chi connectivity index (χ1) is 7.00. The molecule has 0 aromatic carbocycles. The maximum absolute atomic E-state index is 12.7. The Balaban J connectivity index is 4.55. The van der Waals surface area contributed by atoms with Gasteiger partial charge in [-0.2, -0.15) is 17.2 Å². The molecular weight excluding hydrogens is 253 g/mol. The Morgan fingerprint density at radius 1 is 1.56 bits per heavy atom. The van der Waals surface area contributed by atoms with E-state index in [4.69, 9.17) is 4.55 Å². The van der Waals surface area contributed by atoms with E-state index in [9.17, 15) is 26.4 Å². The number of carbonyl (C=O) groups is 1. The van der Waals surface area contributed by atoms with Gasteiger partial charge in [0.25, 0.3) is 0 Å². The van der Waals surface area contributed by atoms with Crippen LogP contribution in [0.15, 0.2) is 12.2 Å². The Hall–Kier alpha value is -1.09. The normalized spacial score (nSPS) is 14.3. The van der Waals surface area contributed by atoms with Crippen molar-refractivity contribution < 1.29 is 35.7 Å². The summed E-state index contributed by atoms with van der Waals surface area (Å²) in [7, 11) is -5.89. The van der Waals surface area contributed by atoms with E-state index in [-0.39, 0.29) is 5.57 Å². The fourth-order valence-corrected chi connectivity index (χ4v) is 0.922. The van der Waals surface area contributed by atoms with Crippen molar-refractivity contribution in [3.05, 3.63) is 12.2 Å². The standard InChI is InChI=1S/C7H9F3O5S/c1-4(2)6(11)15-3-5(8)7(9,10)16(12,13)14/h5H,1,3H2,2H3,(H,12,13,14). The summed E-state index contributed by atoms with van der Waals surface area (Å²) in [6.45, 7) is 2.78. The van der Waals surface area contributed by atoms with Gasteiger partial charge in [-0.15, -0.1) is 0 Å². The molecule has 16 heavy (non-hydrogen) atoms. The van der Waals surface area contributed by atoms with Gasteiger partial charge in [-0.25, -0.2) is 9.18 Å². The van der Waals surface area contributed by atoms with Gasteiger partial charge in [-0.3, -0.25) is 4.55 Å². The van der Waals surface area contributed by atoms with Crippen LogP contribution in [0.25, 0.3) is 0 Å². The van der Waals surface area contributed by atoms with Crippen LogP contribution in [0.3, 0.4) is 0 Å². The Morgan fingerprint density at radius 2 is 2.00 bits per heavy atom. The minimum atomic E-state index is -5.89. The predicted octanol–water partition coefficient (Wildman–Crippen LogP) is 0.924. The SMILES string of the molecule is C=C(C)C(=O)OCC(F)C(F)(F)S(=O)(=O)O. The second kappa shape index (κ2) is 4.83. The molecule has 94 valence electrons. The van der Waals surface area contributed by atoms with E-state index in [1.165, 1.54) is 6.92 Å². The van der Waals surface area contributed by atoms with Crippen LogP contribution in [0.5, 0.6) is 0 Å². The molecule has 0 aromatic heterocycles. The summed E-state index contributed by atoms with van der Waals surface area (Å²) in [5, 5.41) is -5.03. The molecule has 0 aliphatic carbocycles. The zero-order valence-corrected chi connectivity index (χ0v) is 8.93. The molecule has 0 fully saturated rings. The van der Waals surface area contributed by atoms with Crippen LogP contribution in [0.4, 0.5) is 13.2 Å². The van der Waals surface area contributed by atoms with Crippen molar-refractivity contribution in [3.63, 3.8) is 0 Å². The number of ether oxygens (including phenoxy) is 1. The molecule has 0 saturated carbocycles. The molecular formula is C7H9F3O5S. The molecule has 9 heteroatoms. The number of rotatable bonds is 5. The highest BCUT2D eigenvalue weighted by Crippen LogP contribution is 2.27. The number of esters is 1. The van der Waals surface area contributed by atoms with E-state index in [0.29, 0.717) is 0 Å². The van der Waals surface area contributed by atoms with Crippen LogP contribution in [0.1, 0.15) is 6.92 Å². The molecule has 0 aromatic rings. The Labute approximate surface area is 89.6 Å². The summed E-state index contributed by atoms with van der Waals surface area (Å²) in [5.41, 5.74) is -0.164. The summed E-state index contributed by atoms with van der Waals surface area (Å²) in [6, 6.07) is 0. The Bertz CT molecular complexity index is 389. The molecule has 1 N–H and O–H groups in total. The van der Waals surface area contributed by atoms with Crippen molar-refractivity contribution in [2.45, 2.75) is 18.3 Å². The third-order valence-electron chi connectivity index (χ3n) is 1.42. The van der Waals surface area contributed by atoms with E-state index in [1.807, 2.05) is 0 Å². The summed E-state index contributed by atoms with van der Waals surface area (Å²) in [5.74, 6) is -1.14. The topological polar surface area (TPSA) is 80.7 Å². The van der Waals surface area contributed by atoms with Gasteiger partial charge in [-0.05, 0) is 6.92 Å². The summed E-state index contributed by atoms with van der Waals surface area (Å²) < 4.78 is 70.0. The third kappa shape index (κ3) is 3.49. The monoisotopic (exact) mass is 262 g/mol. The van der Waals surface area contributed by atoms with Gasteiger partial charge in [0.15, 0.2) is 0 Å². The Morgan fingerprint density at radius 3 is 2.31 bits per heavy atom. The molecule has 0 aliphatic heterocycles. The van der Waals surface area contributed by atoms with Crippen LogP contribution >= 0.6 is 0 Å². The first kappa shape index (κ1) is 14.9. The third-order valence-corrected chi connectivity index (χ3v) is 2.36. The summed E-state index contributed by atoms with van der Waals surface area (Å²) in [4.78, 5) is 10.7. The van der Waals surface area contributed by atoms with E-state index >= 15 is 0 Å². The van der Waals surface area contributed by atoms with Gasteiger partial charge < -0.3 is 4.74 Å². The van der Waals surface area contributed by atoms with Crippen molar-refractivity contribution in [1.82, 2.24) is 0 Å². The van der Waals surface area contributed by atoms with Crippen LogP contribution in [-0.2, 0) is 19.6 Å². The highest BCUT2D eigenvalue weighted by molar-refractivity contribution is 7.86. The minimum absolute atomic E-state index is 0.164. The number of hydrogen-bond acceptors (Lipinski definition) is 4. The average Bonchev–Trinajstić information content (AvgIpc) is 2.11. The lowest BCUT2D eigenvalue weighted by atomic mass is 10.3. The molecule has 0 aliphatic rings. The smallest absolute Gasteiger partial charge is 0.403 e. The molecule has 0 amide bonds. The van der Waals surface area contributed by atoms with Gasteiger partial charge in [0, 0.05) is 5.57 Å². The van der Waals surface area contributed by atoms with Gasteiger partial charge >= 0.3 is 21.3 Å². The average molecular weight is 262 g/mol. The second-order valence-corrected chi connectivity index (χ2v) is 4.38. The van der Waals surface area contributed by atoms with Gasteiger partial charge in [0.1, 0.15) is 6.61 Å². The van der Waals surface area contributed by atoms with Crippen molar-refractivity contribution in [2.75, 3.05) is 6.61 Å². The maximum atomic E-state index is 12.7. The van der Waals surface area contributed by atoms with E-state index in [1.54, 1.807) is 0 Å². The second-order valence-electron chi connectivity index (χ2n) is 2.88. The number of alkyl halides is 3. The lowest BCUT2D eigenvalue weighted by Crippen LogP contribution is -2.41. The first-order valence-corrected chi connectivity index (χ1v) is 5.25. The highest BCUT2D eigenvalue weighted by atomic mass is 32.2. The molecule has 0 rings (SSSR count). The maximum Gasteiger partial charge on any atom is 0.403 e. The van der Waals surface area contributed by atoms with Gasteiger partial charge in [-0.1, -0.05) is 6.58 Å². The quantitative estimate of drug-likeness (QED) is 0.453. The molecule has 0 saturated heterocycles. The first-order valence-electron chi connectivity index (χ1n) is 3.81. The molecule has 0 spiro atoms. The number of carbonyl (C=O) groups excluding carboxylic acids is 1. The van der Waals surface area contributed by atoms with Crippen molar-refractivity contribution >= 4 is 16.1 Å². The van der Waals surface area contributed by atoms with Crippen molar-refractivity contribution in [3.8, 4) is 0 Å². The molecule has 0 radical (unpaired) electrons. The fourth-order valence-electron chi connectivity index (χ4n) is 0.531. The minimum Gasteiger partial charge on any atom is -0.459 e. The predicted molar refractivity (Wildman–Crippen MR) is 47.2 cm³/mol. The summed E-state index contributed by atoms with van der Waals surface area (Å²) in [6.07, 6.45) is -3.36. The van der Waals surface area contributed by atoms with Crippen LogP contribution < -0.4 is 0 Å². The highest BCUT2D eigenvalue weighted by Gasteiger charge is 2.53. The largest absolute Gasteiger partial charge is 0.459 e. The summed E-state index contributed by atoms with van der Waals surface area (Å²) >= 11 is 0. The zero-order chi connectivity index (χ0) is 13.1. The van der Waals surface area contributed by atoms with E-state index < -0.39 is 34.1 Å². The fraction of sp³-hybridized carbons (Fsp3) is 0.571. The molecule has 1 atom stereocenters. The Kier molecular flexibility index (Phi) is 4.50. The number of hydrogen-bond donors (Lipinski definition) is 1. The molecule has 0 heterocycles. The lowest BCUT2D eigenvalue weighted by molar-refractivity contribution is -0.143.